The number of ether oxygens (including phenoxy) is 5. The van der Waals surface area contributed by atoms with Gasteiger partial charge in [-0.05, 0) is 13.8 Å². The molecule has 0 spiro atoms. The Morgan fingerprint density at radius 2 is 1.37 bits per heavy atom. The van der Waals surface area contributed by atoms with Crippen molar-refractivity contribution >= 4 is 17.9 Å². The van der Waals surface area contributed by atoms with Crippen molar-refractivity contribution in [3.8, 4) is 0 Å². The molecule has 0 saturated carbocycles. The summed E-state index contributed by atoms with van der Waals surface area (Å²) in [6.07, 6.45) is -0.531. The lowest BCUT2D eigenvalue weighted by Crippen LogP contribution is -2.35. The second-order valence-corrected chi connectivity index (χ2v) is 6.70. The summed E-state index contributed by atoms with van der Waals surface area (Å²) >= 11 is 0. The summed E-state index contributed by atoms with van der Waals surface area (Å²) in [5.74, 6) is -1.74. The highest BCUT2D eigenvalue weighted by Crippen LogP contribution is 2.24. The smallest absolute Gasteiger partial charge is 0.333 e. The van der Waals surface area contributed by atoms with Crippen molar-refractivity contribution in [2.75, 3.05) is 40.6 Å². The first-order valence-corrected chi connectivity index (χ1v) is 8.37. The van der Waals surface area contributed by atoms with Crippen LogP contribution in [0.3, 0.4) is 0 Å². The average molecular weight is 386 g/mol. The number of hydrogen-bond acceptors (Lipinski definition) is 8. The van der Waals surface area contributed by atoms with E-state index in [0.29, 0.717) is 0 Å². The van der Waals surface area contributed by atoms with Gasteiger partial charge in [0.05, 0.1) is 13.0 Å². The Labute approximate surface area is 160 Å². The number of hydrogen-bond donors (Lipinski definition) is 0. The highest BCUT2D eigenvalue weighted by molar-refractivity contribution is 5.87. The van der Waals surface area contributed by atoms with Gasteiger partial charge in [0, 0.05) is 30.8 Å². The van der Waals surface area contributed by atoms with Gasteiger partial charge in [0.15, 0.2) is 0 Å². The van der Waals surface area contributed by atoms with Gasteiger partial charge in [0.2, 0.25) is 0 Å². The summed E-state index contributed by atoms with van der Waals surface area (Å²) in [5, 5.41) is 0. The van der Waals surface area contributed by atoms with Crippen LogP contribution >= 0.6 is 0 Å². The zero-order valence-electron chi connectivity index (χ0n) is 16.8. The summed E-state index contributed by atoms with van der Waals surface area (Å²) in [4.78, 5) is 35.5. The third kappa shape index (κ3) is 10.5. The summed E-state index contributed by atoms with van der Waals surface area (Å²) in [6.45, 7) is 11.7. The standard InChI is InChI=1S/C19H30O8/c1-13(2)17(21)26-11-19(5,12-27-18(22)14(3)4)8-16(20)25-10-15(24-7)9-23-6/h15H,1,3,8-12H2,2,4-7H3. The summed E-state index contributed by atoms with van der Waals surface area (Å²) in [7, 11) is 2.99. The number of esters is 3. The van der Waals surface area contributed by atoms with Gasteiger partial charge < -0.3 is 23.7 Å². The lowest BCUT2D eigenvalue weighted by Gasteiger charge is -2.28. The van der Waals surface area contributed by atoms with Crippen LogP contribution < -0.4 is 0 Å². The third-order valence-electron chi connectivity index (χ3n) is 3.49. The second-order valence-electron chi connectivity index (χ2n) is 6.70. The van der Waals surface area contributed by atoms with Crippen LogP contribution in [0.4, 0.5) is 0 Å². The molecule has 0 N–H and O–H groups in total. The predicted molar refractivity (Wildman–Crippen MR) is 97.9 cm³/mol. The molecule has 0 aromatic carbocycles. The lowest BCUT2D eigenvalue weighted by molar-refractivity contribution is -0.159. The number of rotatable bonds is 13. The monoisotopic (exact) mass is 386 g/mol. The molecule has 0 rings (SSSR count). The second kappa shape index (κ2) is 12.2. The van der Waals surface area contributed by atoms with E-state index in [2.05, 4.69) is 13.2 Å². The maximum atomic E-state index is 12.2. The molecule has 0 aromatic rings. The molecule has 1 unspecified atom stereocenters. The largest absolute Gasteiger partial charge is 0.463 e. The van der Waals surface area contributed by atoms with Gasteiger partial charge in [0.1, 0.15) is 25.9 Å². The Morgan fingerprint density at radius 3 is 1.74 bits per heavy atom. The van der Waals surface area contributed by atoms with E-state index >= 15 is 0 Å². The predicted octanol–water partition coefficient (Wildman–Crippen LogP) is 1.83. The van der Waals surface area contributed by atoms with Gasteiger partial charge in [-0.15, -0.1) is 0 Å². The molecule has 0 heterocycles. The van der Waals surface area contributed by atoms with E-state index in [-0.39, 0.29) is 44.0 Å². The molecule has 0 aliphatic carbocycles. The Morgan fingerprint density at radius 1 is 0.889 bits per heavy atom. The molecule has 8 heteroatoms. The third-order valence-corrected chi connectivity index (χ3v) is 3.49. The van der Waals surface area contributed by atoms with E-state index in [1.807, 2.05) is 0 Å². The van der Waals surface area contributed by atoms with Crippen LogP contribution in [0.15, 0.2) is 24.3 Å². The van der Waals surface area contributed by atoms with Crippen molar-refractivity contribution in [2.45, 2.75) is 33.3 Å². The fourth-order valence-electron chi connectivity index (χ4n) is 1.83. The fourth-order valence-corrected chi connectivity index (χ4v) is 1.83. The molecule has 0 aliphatic heterocycles. The van der Waals surface area contributed by atoms with E-state index in [1.54, 1.807) is 6.92 Å². The van der Waals surface area contributed by atoms with Gasteiger partial charge >= 0.3 is 17.9 Å². The SMILES string of the molecule is C=C(C)C(=O)OCC(C)(COC(=O)C(=C)C)CC(=O)OCC(COC)OC. The maximum Gasteiger partial charge on any atom is 0.333 e. The molecule has 1 atom stereocenters. The van der Waals surface area contributed by atoms with Crippen LogP contribution in [-0.2, 0) is 38.1 Å². The topological polar surface area (TPSA) is 97.4 Å². The molecular weight excluding hydrogens is 356 g/mol. The normalized spacial score (nSPS) is 12.0. The molecule has 0 bridgehead atoms. The minimum absolute atomic E-state index is 0.0103. The zero-order chi connectivity index (χ0) is 21.0. The molecule has 8 nitrogen and oxygen atoms in total. The first kappa shape index (κ1) is 24.8. The molecule has 0 amide bonds. The highest BCUT2D eigenvalue weighted by atomic mass is 16.6. The van der Waals surface area contributed by atoms with Crippen molar-refractivity contribution < 1.29 is 38.1 Å². The molecular formula is C19H30O8. The molecule has 0 radical (unpaired) electrons. The van der Waals surface area contributed by atoms with Crippen LogP contribution in [0.1, 0.15) is 27.2 Å². The Bertz CT molecular complexity index is 522. The van der Waals surface area contributed by atoms with Crippen molar-refractivity contribution in [1.82, 2.24) is 0 Å². The summed E-state index contributed by atoms with van der Waals surface area (Å²) < 4.78 is 25.6. The Kier molecular flexibility index (Phi) is 11.2. The minimum atomic E-state index is -0.975. The number of carbonyl (C=O) groups is 3. The van der Waals surface area contributed by atoms with Crippen LogP contribution in [-0.4, -0.2) is 64.7 Å². The number of methoxy groups -OCH3 is 2. The molecule has 154 valence electrons. The summed E-state index contributed by atoms with van der Waals surface area (Å²) in [5.41, 5.74) is -0.528. The van der Waals surface area contributed by atoms with Gasteiger partial charge in [-0.2, -0.15) is 0 Å². The van der Waals surface area contributed by atoms with Crippen molar-refractivity contribution in [2.24, 2.45) is 5.41 Å². The van der Waals surface area contributed by atoms with Gasteiger partial charge in [-0.1, -0.05) is 20.1 Å². The van der Waals surface area contributed by atoms with Gasteiger partial charge in [-0.3, -0.25) is 4.79 Å². The molecule has 0 aromatic heterocycles. The molecule has 0 saturated heterocycles. The van der Waals surface area contributed by atoms with Crippen molar-refractivity contribution in [3.05, 3.63) is 24.3 Å². The summed E-state index contributed by atoms with van der Waals surface area (Å²) in [6, 6.07) is 0. The zero-order valence-corrected chi connectivity index (χ0v) is 16.8. The molecule has 27 heavy (non-hydrogen) atoms. The highest BCUT2D eigenvalue weighted by Gasteiger charge is 2.33. The van der Waals surface area contributed by atoms with Crippen LogP contribution in [0, 0.1) is 5.41 Å². The van der Waals surface area contributed by atoms with E-state index in [1.165, 1.54) is 28.1 Å². The van der Waals surface area contributed by atoms with Crippen LogP contribution in [0.2, 0.25) is 0 Å². The lowest BCUT2D eigenvalue weighted by atomic mass is 9.88. The van der Waals surface area contributed by atoms with Gasteiger partial charge in [-0.25, -0.2) is 9.59 Å². The Balaban J connectivity index is 4.91. The van der Waals surface area contributed by atoms with Crippen LogP contribution in [0.25, 0.3) is 0 Å². The number of carbonyl (C=O) groups excluding carboxylic acids is 3. The van der Waals surface area contributed by atoms with Gasteiger partial charge in [0.25, 0.3) is 0 Å². The fraction of sp³-hybridized carbons (Fsp3) is 0.632. The van der Waals surface area contributed by atoms with E-state index < -0.39 is 29.4 Å². The first-order valence-electron chi connectivity index (χ1n) is 8.37. The Hall–Kier alpha value is -2.19. The maximum absolute atomic E-state index is 12.2. The van der Waals surface area contributed by atoms with E-state index in [0.717, 1.165) is 0 Å². The average Bonchev–Trinajstić information content (AvgIpc) is 2.60. The molecule has 0 aliphatic rings. The van der Waals surface area contributed by atoms with E-state index in [9.17, 15) is 14.4 Å². The molecule has 0 fully saturated rings. The first-order chi connectivity index (χ1) is 12.5. The van der Waals surface area contributed by atoms with Crippen molar-refractivity contribution in [3.63, 3.8) is 0 Å². The quantitative estimate of drug-likeness (QED) is 0.269. The van der Waals surface area contributed by atoms with Crippen molar-refractivity contribution in [1.29, 1.82) is 0 Å². The van der Waals surface area contributed by atoms with E-state index in [4.69, 9.17) is 23.7 Å². The van der Waals surface area contributed by atoms with Crippen LogP contribution in [0.5, 0.6) is 0 Å². The minimum Gasteiger partial charge on any atom is -0.463 e.